The zero-order valence-electron chi connectivity index (χ0n) is 15.8. The number of rotatable bonds is 11. The Labute approximate surface area is 135 Å². The van der Waals surface area contributed by atoms with Crippen LogP contribution in [0.1, 0.15) is 86.0 Å². The maximum Gasteiger partial charge on any atom is 0.249 e. The van der Waals surface area contributed by atoms with Crippen LogP contribution in [0.2, 0.25) is 18.1 Å². The van der Waals surface area contributed by atoms with Crippen LogP contribution >= 0.6 is 0 Å². The zero-order chi connectivity index (χ0) is 16.4. The summed E-state index contributed by atoms with van der Waals surface area (Å²) in [6.07, 6.45) is 15.1. The molecule has 0 radical (unpaired) electrons. The molecule has 0 aromatic rings. The quantitative estimate of drug-likeness (QED) is 0.221. The molecule has 2 heteroatoms. The molecule has 1 unspecified atom stereocenters. The molecule has 0 heterocycles. The smallest absolute Gasteiger partial charge is 0.249 e. The van der Waals surface area contributed by atoms with E-state index in [2.05, 4.69) is 53.8 Å². The Balaban J connectivity index is 4.34. The number of hydrogen-bond donors (Lipinski definition) is 0. The number of hydrogen-bond acceptors (Lipinski definition) is 1. The molecule has 0 aromatic heterocycles. The highest BCUT2D eigenvalue weighted by molar-refractivity contribution is 6.74. The molecule has 1 atom stereocenters. The molecule has 0 bridgehead atoms. The molecule has 0 saturated heterocycles. The van der Waals surface area contributed by atoms with E-state index in [9.17, 15) is 0 Å². The van der Waals surface area contributed by atoms with Crippen molar-refractivity contribution in [1.82, 2.24) is 0 Å². The van der Waals surface area contributed by atoms with Crippen LogP contribution in [0.3, 0.4) is 0 Å². The fourth-order valence-corrected chi connectivity index (χ4v) is 2.91. The van der Waals surface area contributed by atoms with Crippen molar-refractivity contribution in [2.24, 2.45) is 5.92 Å². The van der Waals surface area contributed by atoms with Crippen molar-refractivity contribution in [2.75, 3.05) is 0 Å². The number of allylic oxidation sites excluding steroid dienone is 1. The summed E-state index contributed by atoms with van der Waals surface area (Å²) < 4.78 is 6.19. The van der Waals surface area contributed by atoms with Gasteiger partial charge in [0, 0.05) is 0 Å². The van der Waals surface area contributed by atoms with Crippen LogP contribution in [-0.4, -0.2) is 8.32 Å². The summed E-state index contributed by atoms with van der Waals surface area (Å²) in [5, 5.41) is 0.289. The SMILES string of the molecule is CCCCCCC(/C=C/O[Si](C)(C)C(C)(C)C)CCCC. The van der Waals surface area contributed by atoms with Crippen LogP contribution in [0.15, 0.2) is 12.3 Å². The summed E-state index contributed by atoms with van der Waals surface area (Å²) >= 11 is 0. The van der Waals surface area contributed by atoms with Crippen molar-refractivity contribution in [2.45, 2.75) is 104 Å². The van der Waals surface area contributed by atoms with Crippen molar-refractivity contribution < 1.29 is 4.43 Å². The molecule has 126 valence electrons. The monoisotopic (exact) mass is 312 g/mol. The first-order valence-corrected chi connectivity index (χ1v) is 12.0. The summed E-state index contributed by atoms with van der Waals surface area (Å²) in [6.45, 7) is 16.1. The largest absolute Gasteiger partial charge is 0.549 e. The number of unbranched alkanes of at least 4 members (excludes halogenated alkanes) is 4. The third kappa shape index (κ3) is 9.39. The van der Waals surface area contributed by atoms with E-state index in [0.29, 0.717) is 5.92 Å². The van der Waals surface area contributed by atoms with Gasteiger partial charge in [-0.15, -0.1) is 0 Å². The van der Waals surface area contributed by atoms with E-state index >= 15 is 0 Å². The highest BCUT2D eigenvalue weighted by Gasteiger charge is 2.37. The second kappa shape index (κ2) is 10.5. The predicted molar refractivity (Wildman–Crippen MR) is 99.2 cm³/mol. The molecular formula is C19H40OSi. The highest BCUT2D eigenvalue weighted by atomic mass is 28.4. The summed E-state index contributed by atoms with van der Waals surface area (Å²) in [5.41, 5.74) is 0. The minimum absolute atomic E-state index is 0.289. The Kier molecular flexibility index (Phi) is 10.4. The van der Waals surface area contributed by atoms with Gasteiger partial charge in [-0.1, -0.05) is 73.1 Å². The molecule has 0 aromatic carbocycles. The molecule has 0 spiro atoms. The van der Waals surface area contributed by atoms with Crippen molar-refractivity contribution in [1.29, 1.82) is 0 Å². The van der Waals surface area contributed by atoms with Crippen molar-refractivity contribution >= 4 is 8.32 Å². The minimum atomic E-state index is -1.63. The van der Waals surface area contributed by atoms with E-state index in [0.717, 1.165) is 0 Å². The first kappa shape index (κ1) is 20.8. The van der Waals surface area contributed by atoms with Gasteiger partial charge in [0.2, 0.25) is 8.32 Å². The van der Waals surface area contributed by atoms with Crippen molar-refractivity contribution in [3.63, 3.8) is 0 Å². The van der Waals surface area contributed by atoms with E-state index in [-0.39, 0.29) is 5.04 Å². The van der Waals surface area contributed by atoms with Gasteiger partial charge >= 0.3 is 0 Å². The van der Waals surface area contributed by atoms with Crippen molar-refractivity contribution in [3.05, 3.63) is 12.3 Å². The normalized spacial score (nSPS) is 14.6. The van der Waals surface area contributed by atoms with Gasteiger partial charge in [0.15, 0.2) is 0 Å². The molecule has 21 heavy (non-hydrogen) atoms. The van der Waals surface area contributed by atoms with Crippen molar-refractivity contribution in [3.8, 4) is 0 Å². The topological polar surface area (TPSA) is 9.23 Å². The molecule has 0 rings (SSSR count). The van der Waals surface area contributed by atoms with Crippen LogP contribution in [0.5, 0.6) is 0 Å². The average Bonchev–Trinajstić information content (AvgIpc) is 2.38. The van der Waals surface area contributed by atoms with Crippen LogP contribution in [0, 0.1) is 5.92 Å². The fourth-order valence-electron chi connectivity index (χ4n) is 2.13. The Hall–Kier alpha value is -0.243. The van der Waals surface area contributed by atoms with Crippen LogP contribution in [-0.2, 0) is 4.43 Å². The van der Waals surface area contributed by atoms with Gasteiger partial charge in [0.1, 0.15) is 0 Å². The first-order chi connectivity index (χ1) is 9.74. The molecule has 0 aliphatic carbocycles. The van der Waals surface area contributed by atoms with E-state index < -0.39 is 8.32 Å². The van der Waals surface area contributed by atoms with Gasteiger partial charge < -0.3 is 4.43 Å². The summed E-state index contributed by atoms with van der Waals surface area (Å²) in [5.74, 6) is 0.714. The van der Waals surface area contributed by atoms with E-state index in [1.54, 1.807) is 0 Å². The average molecular weight is 313 g/mol. The fraction of sp³-hybridized carbons (Fsp3) is 0.895. The molecule has 1 nitrogen and oxygen atoms in total. The maximum absolute atomic E-state index is 6.19. The van der Waals surface area contributed by atoms with Gasteiger partial charge in [-0.05, 0) is 43.0 Å². The first-order valence-electron chi connectivity index (χ1n) is 9.09. The lowest BCUT2D eigenvalue weighted by Crippen LogP contribution is -2.39. The molecule has 0 amide bonds. The van der Waals surface area contributed by atoms with Crippen LogP contribution in [0.25, 0.3) is 0 Å². The molecule has 0 N–H and O–H groups in total. The predicted octanol–water partition coefficient (Wildman–Crippen LogP) is 7.30. The Morgan fingerprint density at radius 3 is 2.00 bits per heavy atom. The summed E-state index contributed by atoms with van der Waals surface area (Å²) in [4.78, 5) is 0. The van der Waals surface area contributed by atoms with Crippen LogP contribution in [0.4, 0.5) is 0 Å². The third-order valence-corrected chi connectivity index (χ3v) is 9.21. The van der Waals surface area contributed by atoms with Gasteiger partial charge in [-0.3, -0.25) is 0 Å². The maximum atomic E-state index is 6.19. The van der Waals surface area contributed by atoms with E-state index in [1.807, 2.05) is 6.26 Å². The summed E-state index contributed by atoms with van der Waals surface area (Å²) in [7, 11) is -1.63. The molecule has 0 aliphatic rings. The standard InChI is InChI=1S/C19H40OSi/c1-8-10-12-13-15-18(14-11-9-2)16-17-20-21(6,7)19(3,4)5/h16-18H,8-15H2,1-7H3/b17-16+. The lowest BCUT2D eigenvalue weighted by molar-refractivity contribution is 0.415. The second-order valence-electron chi connectivity index (χ2n) is 7.96. The van der Waals surface area contributed by atoms with Gasteiger partial charge in [-0.2, -0.15) is 0 Å². The third-order valence-electron chi connectivity index (χ3n) is 4.88. The Morgan fingerprint density at radius 1 is 0.905 bits per heavy atom. The van der Waals surface area contributed by atoms with Gasteiger partial charge in [0.25, 0.3) is 0 Å². The molecule has 0 fully saturated rings. The van der Waals surface area contributed by atoms with Crippen LogP contribution < -0.4 is 0 Å². The zero-order valence-corrected chi connectivity index (χ0v) is 16.8. The molecule has 0 saturated carbocycles. The van der Waals surface area contributed by atoms with E-state index in [4.69, 9.17) is 4.43 Å². The highest BCUT2D eigenvalue weighted by Crippen LogP contribution is 2.36. The second-order valence-corrected chi connectivity index (χ2v) is 12.7. The minimum Gasteiger partial charge on any atom is -0.549 e. The van der Waals surface area contributed by atoms with E-state index in [1.165, 1.54) is 51.4 Å². The molecule has 0 aliphatic heterocycles. The van der Waals surface area contributed by atoms with Gasteiger partial charge in [0.05, 0.1) is 6.26 Å². The summed E-state index contributed by atoms with van der Waals surface area (Å²) in [6, 6.07) is 0. The molecular weight excluding hydrogens is 272 g/mol. The lowest BCUT2D eigenvalue weighted by Gasteiger charge is -2.35. The lowest BCUT2D eigenvalue weighted by atomic mass is 9.95. The van der Waals surface area contributed by atoms with Gasteiger partial charge in [-0.25, -0.2) is 0 Å². The Morgan fingerprint density at radius 2 is 1.48 bits per heavy atom. The Bertz CT molecular complexity index is 276.